The minimum absolute atomic E-state index is 0.0627. The first-order valence-corrected chi connectivity index (χ1v) is 8.13. The summed E-state index contributed by atoms with van der Waals surface area (Å²) in [7, 11) is -2.03. The van der Waals surface area contributed by atoms with Gasteiger partial charge in [0.05, 0.1) is 19.1 Å². The summed E-state index contributed by atoms with van der Waals surface area (Å²) in [5.74, 6) is -0.456. The molecule has 0 fully saturated rings. The van der Waals surface area contributed by atoms with Crippen molar-refractivity contribution in [2.24, 2.45) is 0 Å². The first kappa shape index (κ1) is 16.6. The van der Waals surface area contributed by atoms with E-state index in [0.717, 1.165) is 17.7 Å². The Morgan fingerprint density at radius 1 is 1.45 bits per heavy atom. The van der Waals surface area contributed by atoms with Crippen LogP contribution in [-0.2, 0) is 26.0 Å². The summed E-state index contributed by atoms with van der Waals surface area (Å²) in [6, 6.07) is 0. The molecule has 0 aliphatic carbocycles. The van der Waals surface area contributed by atoms with Crippen LogP contribution in [0.15, 0.2) is 6.20 Å². The van der Waals surface area contributed by atoms with Gasteiger partial charge in [0, 0.05) is 18.7 Å². The molecule has 1 aromatic heterocycles. The second-order valence-electron chi connectivity index (χ2n) is 4.52. The Labute approximate surface area is 119 Å². The summed E-state index contributed by atoms with van der Waals surface area (Å²) >= 11 is 0. The van der Waals surface area contributed by atoms with Gasteiger partial charge in [0.15, 0.2) is 0 Å². The van der Waals surface area contributed by atoms with Crippen molar-refractivity contribution in [3.8, 4) is 0 Å². The quantitative estimate of drug-likeness (QED) is 0.511. The zero-order valence-electron chi connectivity index (χ0n) is 11.8. The van der Waals surface area contributed by atoms with Crippen molar-refractivity contribution in [3.05, 3.63) is 17.5 Å². The van der Waals surface area contributed by atoms with Crippen LogP contribution in [0.3, 0.4) is 0 Å². The first-order chi connectivity index (χ1) is 9.44. The minimum atomic E-state index is -3.32. The highest BCUT2D eigenvalue weighted by Gasteiger charge is 2.11. The Balaban J connectivity index is 2.19. The maximum atomic E-state index is 11.6. The van der Waals surface area contributed by atoms with Gasteiger partial charge >= 0.3 is 5.97 Å². The highest BCUT2D eigenvalue weighted by molar-refractivity contribution is 7.89. The Bertz CT molecular complexity index is 525. The van der Waals surface area contributed by atoms with E-state index in [1.165, 1.54) is 7.11 Å². The SMILES string of the molecule is COC(=O)CCCS(=O)(=O)NCCCc1cn[nH]c1C. The highest BCUT2D eigenvalue weighted by Crippen LogP contribution is 2.05. The molecule has 0 bridgehead atoms. The van der Waals surface area contributed by atoms with Crippen LogP contribution in [0.4, 0.5) is 0 Å². The largest absolute Gasteiger partial charge is 0.469 e. The van der Waals surface area contributed by atoms with Crippen molar-refractivity contribution in [2.75, 3.05) is 19.4 Å². The summed E-state index contributed by atoms with van der Waals surface area (Å²) in [6.07, 6.45) is 3.61. The standard InChI is InChI=1S/C12H21N3O4S/c1-10-11(9-13-15-10)5-3-7-14-20(17,18)8-4-6-12(16)19-2/h9,14H,3-8H2,1-2H3,(H,13,15). The minimum Gasteiger partial charge on any atom is -0.469 e. The number of hydrogen-bond donors (Lipinski definition) is 2. The van der Waals surface area contributed by atoms with Crippen LogP contribution in [0.5, 0.6) is 0 Å². The average Bonchev–Trinajstić information content (AvgIpc) is 2.80. The van der Waals surface area contributed by atoms with E-state index in [-0.39, 0.29) is 18.6 Å². The molecule has 0 aliphatic heterocycles. The molecular weight excluding hydrogens is 282 g/mol. The lowest BCUT2D eigenvalue weighted by atomic mass is 10.1. The van der Waals surface area contributed by atoms with Crippen molar-refractivity contribution >= 4 is 16.0 Å². The average molecular weight is 303 g/mol. The van der Waals surface area contributed by atoms with Crippen LogP contribution in [-0.4, -0.2) is 44.0 Å². The molecule has 0 saturated carbocycles. The molecule has 0 saturated heterocycles. The summed E-state index contributed by atoms with van der Waals surface area (Å²) in [5, 5.41) is 6.74. The fraction of sp³-hybridized carbons (Fsp3) is 0.667. The van der Waals surface area contributed by atoms with Crippen LogP contribution >= 0.6 is 0 Å². The third-order valence-electron chi connectivity index (χ3n) is 2.90. The number of nitrogens with one attached hydrogen (secondary N) is 2. The number of carbonyl (C=O) groups excluding carboxylic acids is 1. The van der Waals surface area contributed by atoms with Gasteiger partial charge in [-0.2, -0.15) is 5.10 Å². The van der Waals surface area contributed by atoms with Gasteiger partial charge in [-0.3, -0.25) is 9.89 Å². The lowest BCUT2D eigenvalue weighted by Gasteiger charge is -2.06. The summed E-state index contributed by atoms with van der Waals surface area (Å²) in [6.45, 7) is 2.31. The molecule has 2 N–H and O–H groups in total. The summed E-state index contributed by atoms with van der Waals surface area (Å²) in [5.41, 5.74) is 2.10. The highest BCUT2D eigenvalue weighted by atomic mass is 32.2. The third-order valence-corrected chi connectivity index (χ3v) is 4.37. The molecule has 0 unspecified atom stereocenters. The smallest absolute Gasteiger partial charge is 0.305 e. The van der Waals surface area contributed by atoms with Crippen LogP contribution in [0.2, 0.25) is 0 Å². The van der Waals surface area contributed by atoms with E-state index in [1.807, 2.05) is 6.92 Å². The van der Waals surface area contributed by atoms with E-state index < -0.39 is 16.0 Å². The molecular formula is C12H21N3O4S. The topological polar surface area (TPSA) is 101 Å². The second-order valence-corrected chi connectivity index (χ2v) is 6.44. The Morgan fingerprint density at radius 2 is 2.20 bits per heavy atom. The van der Waals surface area contributed by atoms with Crippen LogP contribution < -0.4 is 4.72 Å². The number of aromatic amines is 1. The van der Waals surface area contributed by atoms with Crippen LogP contribution in [0.1, 0.15) is 30.5 Å². The molecule has 114 valence electrons. The van der Waals surface area contributed by atoms with Gasteiger partial charge in [-0.25, -0.2) is 13.1 Å². The number of sulfonamides is 1. The molecule has 0 radical (unpaired) electrons. The Hall–Kier alpha value is -1.41. The Kier molecular flexibility index (Phi) is 6.66. The number of carbonyl (C=O) groups is 1. The normalized spacial score (nSPS) is 11.5. The van der Waals surface area contributed by atoms with Gasteiger partial charge < -0.3 is 4.74 Å². The molecule has 0 atom stereocenters. The molecule has 0 amide bonds. The van der Waals surface area contributed by atoms with Gasteiger partial charge in [0.25, 0.3) is 0 Å². The summed E-state index contributed by atoms with van der Waals surface area (Å²) < 4.78 is 30.3. The molecule has 8 heteroatoms. The molecule has 1 rings (SSSR count). The predicted molar refractivity (Wildman–Crippen MR) is 74.7 cm³/mol. The van der Waals surface area contributed by atoms with Gasteiger partial charge in [-0.15, -0.1) is 0 Å². The molecule has 1 heterocycles. The molecule has 1 aromatic rings. The number of ether oxygens (including phenoxy) is 1. The fourth-order valence-electron chi connectivity index (χ4n) is 1.71. The van der Waals surface area contributed by atoms with E-state index in [9.17, 15) is 13.2 Å². The second kappa shape index (κ2) is 8.01. The van der Waals surface area contributed by atoms with Crippen molar-refractivity contribution < 1.29 is 17.9 Å². The number of methoxy groups -OCH3 is 1. The number of esters is 1. The number of aryl methyl sites for hydroxylation is 2. The number of nitrogens with zero attached hydrogens (tertiary/aromatic N) is 1. The number of aromatic nitrogens is 2. The van der Waals surface area contributed by atoms with Crippen LogP contribution in [0.25, 0.3) is 0 Å². The first-order valence-electron chi connectivity index (χ1n) is 6.47. The zero-order chi connectivity index (χ0) is 15.0. The van der Waals surface area contributed by atoms with Gasteiger partial charge in [0.2, 0.25) is 10.0 Å². The lowest BCUT2D eigenvalue weighted by molar-refractivity contribution is -0.140. The molecule has 20 heavy (non-hydrogen) atoms. The van der Waals surface area contributed by atoms with Gasteiger partial charge in [-0.1, -0.05) is 0 Å². The molecule has 0 aliphatic rings. The zero-order valence-corrected chi connectivity index (χ0v) is 12.6. The maximum absolute atomic E-state index is 11.6. The summed E-state index contributed by atoms with van der Waals surface area (Å²) in [4.78, 5) is 10.9. The maximum Gasteiger partial charge on any atom is 0.305 e. The third kappa shape index (κ3) is 6.16. The van der Waals surface area contributed by atoms with E-state index >= 15 is 0 Å². The fourth-order valence-corrected chi connectivity index (χ4v) is 2.84. The van der Waals surface area contributed by atoms with Crippen molar-refractivity contribution in [3.63, 3.8) is 0 Å². The monoisotopic (exact) mass is 303 g/mol. The Morgan fingerprint density at radius 3 is 2.80 bits per heavy atom. The number of hydrogen-bond acceptors (Lipinski definition) is 5. The van der Waals surface area contributed by atoms with E-state index in [1.54, 1.807) is 6.20 Å². The van der Waals surface area contributed by atoms with Crippen molar-refractivity contribution in [1.82, 2.24) is 14.9 Å². The molecule has 7 nitrogen and oxygen atoms in total. The van der Waals surface area contributed by atoms with E-state index in [0.29, 0.717) is 13.0 Å². The number of H-pyrrole nitrogens is 1. The molecule has 0 spiro atoms. The van der Waals surface area contributed by atoms with E-state index in [2.05, 4.69) is 19.7 Å². The van der Waals surface area contributed by atoms with Gasteiger partial charge in [0.1, 0.15) is 0 Å². The number of rotatable bonds is 9. The lowest BCUT2D eigenvalue weighted by Crippen LogP contribution is -2.28. The van der Waals surface area contributed by atoms with Crippen LogP contribution in [0, 0.1) is 6.92 Å². The predicted octanol–water partition coefficient (Wildman–Crippen LogP) is 0.523. The van der Waals surface area contributed by atoms with Gasteiger partial charge in [-0.05, 0) is 31.7 Å². The van der Waals surface area contributed by atoms with Crippen molar-refractivity contribution in [1.29, 1.82) is 0 Å². The molecule has 0 aromatic carbocycles. The van der Waals surface area contributed by atoms with Crippen molar-refractivity contribution in [2.45, 2.75) is 32.6 Å². The van der Waals surface area contributed by atoms with E-state index in [4.69, 9.17) is 0 Å².